The number of rotatable bonds is 5. The molecule has 1 aromatic rings. The van der Waals surface area contributed by atoms with Crippen molar-refractivity contribution in [3.05, 3.63) is 24.2 Å². The van der Waals surface area contributed by atoms with Crippen LogP contribution in [0.4, 0.5) is 0 Å². The van der Waals surface area contributed by atoms with Crippen molar-refractivity contribution in [1.82, 2.24) is 9.62 Å². The molecular weight excluding hydrogens is 252 g/mol. The fraction of sp³-hybridized carbons (Fsp3) is 0.667. The molecule has 1 aromatic heterocycles. The molecule has 0 saturated carbocycles. The van der Waals surface area contributed by atoms with Gasteiger partial charge in [0.1, 0.15) is 5.76 Å². The number of hydrogen-bond donors (Lipinski definition) is 1. The average molecular weight is 272 g/mol. The lowest BCUT2D eigenvalue weighted by Crippen LogP contribution is -2.42. The van der Waals surface area contributed by atoms with Gasteiger partial charge in [-0.3, -0.25) is 0 Å². The van der Waals surface area contributed by atoms with E-state index in [9.17, 15) is 8.42 Å². The Balaban J connectivity index is 1.76. The minimum absolute atomic E-state index is 0.392. The standard InChI is InChI=1S/C12H20N2O3S/c1-18(15,16)14-6-2-4-11(10-14)8-13-9-12-5-3-7-17-12/h3,5,7,11,13H,2,4,6,8-10H2,1H3. The van der Waals surface area contributed by atoms with Crippen molar-refractivity contribution in [2.45, 2.75) is 19.4 Å². The fourth-order valence-corrected chi connectivity index (χ4v) is 3.25. The predicted molar refractivity (Wildman–Crippen MR) is 69.6 cm³/mol. The SMILES string of the molecule is CS(=O)(=O)N1CCCC(CNCc2ccco2)C1. The smallest absolute Gasteiger partial charge is 0.211 e. The lowest BCUT2D eigenvalue weighted by Gasteiger charge is -2.30. The highest BCUT2D eigenvalue weighted by atomic mass is 32.2. The molecule has 0 bridgehead atoms. The zero-order valence-corrected chi connectivity index (χ0v) is 11.4. The molecule has 1 N–H and O–H groups in total. The summed E-state index contributed by atoms with van der Waals surface area (Å²) in [5.74, 6) is 1.30. The van der Waals surface area contributed by atoms with E-state index >= 15 is 0 Å². The number of furan rings is 1. The van der Waals surface area contributed by atoms with Crippen LogP contribution in [-0.4, -0.2) is 38.6 Å². The third kappa shape index (κ3) is 3.83. The van der Waals surface area contributed by atoms with Gasteiger partial charge in [0, 0.05) is 13.1 Å². The van der Waals surface area contributed by atoms with Crippen LogP contribution in [0.5, 0.6) is 0 Å². The van der Waals surface area contributed by atoms with Gasteiger partial charge in [0.15, 0.2) is 0 Å². The highest BCUT2D eigenvalue weighted by Crippen LogP contribution is 2.18. The first-order chi connectivity index (χ1) is 8.55. The lowest BCUT2D eigenvalue weighted by atomic mass is 10.00. The first kappa shape index (κ1) is 13.6. The molecule has 6 heteroatoms. The highest BCUT2D eigenvalue weighted by molar-refractivity contribution is 7.88. The fourth-order valence-electron chi connectivity index (χ4n) is 2.31. The second-order valence-corrected chi connectivity index (χ2v) is 6.82. The van der Waals surface area contributed by atoms with Crippen LogP contribution >= 0.6 is 0 Å². The average Bonchev–Trinajstić information content (AvgIpc) is 2.81. The van der Waals surface area contributed by atoms with Crippen LogP contribution in [-0.2, 0) is 16.6 Å². The molecule has 1 aliphatic heterocycles. The molecule has 0 aromatic carbocycles. The predicted octanol–water partition coefficient (Wildman–Crippen LogP) is 1.04. The number of hydrogen-bond acceptors (Lipinski definition) is 4. The highest BCUT2D eigenvalue weighted by Gasteiger charge is 2.25. The van der Waals surface area contributed by atoms with E-state index < -0.39 is 10.0 Å². The Kier molecular flexibility index (Phi) is 4.42. The van der Waals surface area contributed by atoms with E-state index in [4.69, 9.17) is 4.42 Å². The second kappa shape index (κ2) is 5.86. The molecule has 2 heterocycles. The number of sulfonamides is 1. The topological polar surface area (TPSA) is 62.6 Å². The van der Waals surface area contributed by atoms with Crippen molar-refractivity contribution in [3.63, 3.8) is 0 Å². The van der Waals surface area contributed by atoms with Crippen molar-refractivity contribution in [2.75, 3.05) is 25.9 Å². The maximum absolute atomic E-state index is 11.5. The molecule has 1 atom stereocenters. The molecule has 0 amide bonds. The minimum atomic E-state index is -3.04. The summed E-state index contributed by atoms with van der Waals surface area (Å²) in [7, 11) is -3.04. The Labute approximate surface area is 108 Å². The molecule has 1 unspecified atom stereocenters. The third-order valence-corrected chi connectivity index (χ3v) is 4.53. The van der Waals surface area contributed by atoms with Crippen molar-refractivity contribution >= 4 is 10.0 Å². The van der Waals surface area contributed by atoms with E-state index in [0.29, 0.717) is 25.6 Å². The van der Waals surface area contributed by atoms with Crippen LogP contribution in [0, 0.1) is 5.92 Å². The van der Waals surface area contributed by atoms with Crippen molar-refractivity contribution < 1.29 is 12.8 Å². The number of piperidine rings is 1. The summed E-state index contributed by atoms with van der Waals surface area (Å²) in [6.07, 6.45) is 4.96. The normalized spacial score (nSPS) is 22.2. The maximum Gasteiger partial charge on any atom is 0.211 e. The Morgan fingerprint density at radius 3 is 3.06 bits per heavy atom. The van der Waals surface area contributed by atoms with E-state index in [1.807, 2.05) is 12.1 Å². The number of nitrogens with zero attached hydrogens (tertiary/aromatic N) is 1. The van der Waals surface area contributed by atoms with Gasteiger partial charge in [0.25, 0.3) is 0 Å². The van der Waals surface area contributed by atoms with Gasteiger partial charge in [-0.15, -0.1) is 0 Å². The summed E-state index contributed by atoms with van der Waals surface area (Å²) < 4.78 is 29.8. The summed E-state index contributed by atoms with van der Waals surface area (Å²) in [5.41, 5.74) is 0. The van der Waals surface area contributed by atoms with Crippen LogP contribution in [0.3, 0.4) is 0 Å². The molecular formula is C12H20N2O3S. The number of nitrogens with one attached hydrogen (secondary N) is 1. The molecule has 0 spiro atoms. The van der Waals surface area contributed by atoms with Gasteiger partial charge < -0.3 is 9.73 Å². The molecule has 1 aliphatic rings. The summed E-state index contributed by atoms with van der Waals surface area (Å²) in [4.78, 5) is 0. The molecule has 102 valence electrons. The van der Waals surface area contributed by atoms with Crippen LogP contribution in [0.25, 0.3) is 0 Å². The van der Waals surface area contributed by atoms with Crippen LogP contribution in [0.15, 0.2) is 22.8 Å². The van der Waals surface area contributed by atoms with E-state index in [1.54, 1.807) is 10.6 Å². The summed E-state index contributed by atoms with van der Waals surface area (Å²) in [5, 5.41) is 3.31. The van der Waals surface area contributed by atoms with Gasteiger partial charge in [-0.25, -0.2) is 12.7 Å². The summed E-state index contributed by atoms with van der Waals surface area (Å²) >= 11 is 0. The molecule has 5 nitrogen and oxygen atoms in total. The van der Waals surface area contributed by atoms with Crippen LogP contribution < -0.4 is 5.32 Å². The molecule has 1 fully saturated rings. The van der Waals surface area contributed by atoms with Crippen LogP contribution in [0.2, 0.25) is 0 Å². The molecule has 0 aliphatic carbocycles. The zero-order chi connectivity index (χ0) is 13.0. The Morgan fingerprint density at radius 2 is 2.39 bits per heavy atom. The van der Waals surface area contributed by atoms with E-state index in [2.05, 4.69) is 5.32 Å². The van der Waals surface area contributed by atoms with Crippen molar-refractivity contribution in [2.24, 2.45) is 5.92 Å². The minimum Gasteiger partial charge on any atom is -0.468 e. The third-order valence-electron chi connectivity index (χ3n) is 3.26. The second-order valence-electron chi connectivity index (χ2n) is 4.84. The molecule has 0 radical (unpaired) electrons. The Bertz CT molecular complexity index is 456. The van der Waals surface area contributed by atoms with E-state index in [0.717, 1.165) is 25.1 Å². The van der Waals surface area contributed by atoms with Crippen LogP contribution in [0.1, 0.15) is 18.6 Å². The zero-order valence-electron chi connectivity index (χ0n) is 10.6. The molecule has 2 rings (SSSR count). The van der Waals surface area contributed by atoms with Gasteiger partial charge in [0.2, 0.25) is 10.0 Å². The first-order valence-electron chi connectivity index (χ1n) is 6.24. The largest absolute Gasteiger partial charge is 0.468 e. The first-order valence-corrected chi connectivity index (χ1v) is 8.09. The Hall–Kier alpha value is -0.850. The summed E-state index contributed by atoms with van der Waals surface area (Å²) in [6.45, 7) is 2.81. The van der Waals surface area contributed by atoms with Crippen molar-refractivity contribution in [1.29, 1.82) is 0 Å². The molecule has 1 saturated heterocycles. The van der Waals surface area contributed by atoms with E-state index in [-0.39, 0.29) is 0 Å². The van der Waals surface area contributed by atoms with Crippen molar-refractivity contribution in [3.8, 4) is 0 Å². The van der Waals surface area contributed by atoms with Gasteiger partial charge in [0.05, 0.1) is 19.1 Å². The van der Waals surface area contributed by atoms with Gasteiger partial charge in [-0.05, 0) is 37.4 Å². The monoisotopic (exact) mass is 272 g/mol. The van der Waals surface area contributed by atoms with Gasteiger partial charge >= 0.3 is 0 Å². The lowest BCUT2D eigenvalue weighted by molar-refractivity contribution is 0.259. The Morgan fingerprint density at radius 1 is 1.56 bits per heavy atom. The maximum atomic E-state index is 11.5. The quantitative estimate of drug-likeness (QED) is 0.870. The molecule has 18 heavy (non-hydrogen) atoms. The van der Waals surface area contributed by atoms with E-state index in [1.165, 1.54) is 6.26 Å². The van der Waals surface area contributed by atoms with Gasteiger partial charge in [-0.1, -0.05) is 0 Å². The summed E-state index contributed by atoms with van der Waals surface area (Å²) in [6, 6.07) is 3.79. The van der Waals surface area contributed by atoms with Gasteiger partial charge in [-0.2, -0.15) is 0 Å².